The van der Waals surface area contributed by atoms with E-state index in [-0.39, 0.29) is 12.0 Å². The van der Waals surface area contributed by atoms with Gasteiger partial charge in [-0.2, -0.15) is 13.2 Å². The fourth-order valence-corrected chi connectivity index (χ4v) is 3.01. The number of hydrogen-bond donors (Lipinski definition) is 2. The number of carbonyl (C=O) groups is 2. The van der Waals surface area contributed by atoms with E-state index in [1.54, 1.807) is 24.3 Å². The summed E-state index contributed by atoms with van der Waals surface area (Å²) in [4.78, 5) is 24.3. The number of nitrogens with two attached hydrogens (primary N) is 1. The summed E-state index contributed by atoms with van der Waals surface area (Å²) in [5.41, 5.74) is 6.25. The molecule has 5 nitrogen and oxygen atoms in total. The number of halogens is 3. The van der Waals surface area contributed by atoms with Crippen molar-refractivity contribution in [1.82, 2.24) is 5.32 Å². The highest BCUT2D eigenvalue weighted by atomic mass is 19.4. The number of amides is 2. The predicted molar refractivity (Wildman–Crippen MR) is 113 cm³/mol. The lowest BCUT2D eigenvalue weighted by molar-refractivity contribution is -0.137. The fraction of sp³-hybridized carbons (Fsp3) is 0.167. The van der Waals surface area contributed by atoms with Crippen LogP contribution in [0.2, 0.25) is 0 Å². The van der Waals surface area contributed by atoms with Crippen LogP contribution in [-0.2, 0) is 24.0 Å². The number of benzene rings is 3. The largest absolute Gasteiger partial charge is 0.489 e. The molecular formula is C24H21F3N2O3. The first-order valence-electron chi connectivity index (χ1n) is 9.75. The standard InChI is InChI=1S/C24H21F3N2O3/c25-24(26,27)19-11-9-18(10-12-19)23(31)29-21(22(28)30)14-17-7-4-8-20(13-17)32-15-16-5-2-1-3-6-16/h1-13,21H,14-15H2,(H2,28,30)(H,29,31)/t21-/m1/s1. The SMILES string of the molecule is NC(=O)[C@@H](Cc1cccc(OCc2ccccc2)c1)NC(=O)c1ccc(C(F)(F)F)cc1. The Labute approximate surface area is 183 Å². The second kappa shape index (κ2) is 10.00. The van der Waals surface area contributed by atoms with Crippen LogP contribution in [0.1, 0.15) is 27.0 Å². The molecule has 0 radical (unpaired) electrons. The molecule has 0 heterocycles. The molecule has 0 bridgehead atoms. The topological polar surface area (TPSA) is 81.4 Å². The number of carbonyl (C=O) groups excluding carboxylic acids is 2. The lowest BCUT2D eigenvalue weighted by Gasteiger charge is -2.17. The monoisotopic (exact) mass is 442 g/mol. The van der Waals surface area contributed by atoms with Crippen LogP contribution in [0, 0.1) is 0 Å². The Bertz CT molecular complexity index is 1070. The minimum absolute atomic E-state index is 0.0100. The van der Waals surface area contributed by atoms with Gasteiger partial charge in [-0.15, -0.1) is 0 Å². The molecule has 0 aliphatic rings. The third-order valence-electron chi connectivity index (χ3n) is 4.71. The van der Waals surface area contributed by atoms with Crippen molar-refractivity contribution < 1.29 is 27.5 Å². The molecule has 0 fully saturated rings. The van der Waals surface area contributed by atoms with E-state index in [9.17, 15) is 22.8 Å². The quantitative estimate of drug-likeness (QED) is 0.551. The van der Waals surface area contributed by atoms with Crippen molar-refractivity contribution in [3.8, 4) is 5.75 Å². The molecule has 0 saturated heterocycles. The molecule has 3 aromatic rings. The lowest BCUT2D eigenvalue weighted by atomic mass is 10.0. The molecule has 2 amide bonds. The third kappa shape index (κ3) is 6.34. The Morgan fingerprint density at radius 2 is 1.56 bits per heavy atom. The molecular weight excluding hydrogens is 421 g/mol. The van der Waals surface area contributed by atoms with Gasteiger partial charge in [-0.05, 0) is 47.5 Å². The molecule has 0 aliphatic heterocycles. The van der Waals surface area contributed by atoms with E-state index in [1.807, 2.05) is 30.3 Å². The molecule has 3 aromatic carbocycles. The maximum atomic E-state index is 12.7. The van der Waals surface area contributed by atoms with Crippen molar-refractivity contribution >= 4 is 11.8 Å². The molecule has 32 heavy (non-hydrogen) atoms. The number of hydrogen-bond acceptors (Lipinski definition) is 3. The van der Waals surface area contributed by atoms with Gasteiger partial charge in [0.05, 0.1) is 5.56 Å². The lowest BCUT2D eigenvalue weighted by Crippen LogP contribution is -2.45. The first-order valence-corrected chi connectivity index (χ1v) is 9.75. The van der Waals surface area contributed by atoms with Crippen molar-refractivity contribution in [2.24, 2.45) is 5.73 Å². The molecule has 8 heteroatoms. The first kappa shape index (κ1) is 22.9. The van der Waals surface area contributed by atoms with Gasteiger partial charge in [0.25, 0.3) is 5.91 Å². The van der Waals surface area contributed by atoms with E-state index in [1.165, 1.54) is 0 Å². The van der Waals surface area contributed by atoms with Gasteiger partial charge in [-0.3, -0.25) is 9.59 Å². The van der Waals surface area contributed by atoms with E-state index >= 15 is 0 Å². The molecule has 0 unspecified atom stereocenters. The summed E-state index contributed by atoms with van der Waals surface area (Å²) in [6.45, 7) is 0.369. The van der Waals surface area contributed by atoms with Gasteiger partial charge >= 0.3 is 6.18 Å². The number of rotatable bonds is 8. The Hall–Kier alpha value is -3.81. The van der Waals surface area contributed by atoms with Crippen molar-refractivity contribution in [3.63, 3.8) is 0 Å². The highest BCUT2D eigenvalue weighted by molar-refractivity contribution is 5.97. The smallest absolute Gasteiger partial charge is 0.416 e. The summed E-state index contributed by atoms with van der Waals surface area (Å²) in [6, 6.07) is 19.3. The zero-order chi connectivity index (χ0) is 23.1. The summed E-state index contributed by atoms with van der Waals surface area (Å²) in [6.07, 6.45) is -4.40. The van der Waals surface area contributed by atoms with Gasteiger partial charge in [0.15, 0.2) is 0 Å². The third-order valence-corrected chi connectivity index (χ3v) is 4.71. The molecule has 3 rings (SSSR count). The Kier molecular flexibility index (Phi) is 7.14. The fourth-order valence-electron chi connectivity index (χ4n) is 3.01. The highest BCUT2D eigenvalue weighted by Gasteiger charge is 2.30. The Morgan fingerprint density at radius 3 is 2.19 bits per heavy atom. The van der Waals surface area contributed by atoms with Crippen molar-refractivity contribution in [2.45, 2.75) is 25.2 Å². The van der Waals surface area contributed by atoms with E-state index in [2.05, 4.69) is 5.32 Å². The second-order valence-electron chi connectivity index (χ2n) is 7.13. The number of nitrogens with one attached hydrogen (secondary N) is 1. The van der Waals surface area contributed by atoms with E-state index in [0.29, 0.717) is 17.9 Å². The minimum Gasteiger partial charge on any atom is -0.489 e. The van der Waals surface area contributed by atoms with Crippen LogP contribution < -0.4 is 15.8 Å². The van der Waals surface area contributed by atoms with Crippen LogP contribution in [0.15, 0.2) is 78.9 Å². The summed E-state index contributed by atoms with van der Waals surface area (Å²) in [5, 5.41) is 2.48. The van der Waals surface area contributed by atoms with Gasteiger partial charge in [0.1, 0.15) is 18.4 Å². The van der Waals surface area contributed by atoms with Crippen LogP contribution in [0.3, 0.4) is 0 Å². The Morgan fingerprint density at radius 1 is 0.906 bits per heavy atom. The van der Waals surface area contributed by atoms with E-state index in [0.717, 1.165) is 29.8 Å². The average molecular weight is 442 g/mol. The molecule has 0 aromatic heterocycles. The summed E-state index contributed by atoms with van der Waals surface area (Å²) in [5.74, 6) is -0.872. The zero-order valence-corrected chi connectivity index (χ0v) is 16.9. The number of alkyl halides is 3. The zero-order valence-electron chi connectivity index (χ0n) is 16.9. The van der Waals surface area contributed by atoms with E-state index in [4.69, 9.17) is 10.5 Å². The maximum Gasteiger partial charge on any atom is 0.416 e. The van der Waals surface area contributed by atoms with Gasteiger partial charge in [0, 0.05) is 12.0 Å². The van der Waals surface area contributed by atoms with Crippen molar-refractivity contribution in [1.29, 1.82) is 0 Å². The number of primary amides is 1. The van der Waals surface area contributed by atoms with Crippen LogP contribution in [0.5, 0.6) is 5.75 Å². The van der Waals surface area contributed by atoms with Crippen LogP contribution in [-0.4, -0.2) is 17.9 Å². The van der Waals surface area contributed by atoms with Crippen LogP contribution >= 0.6 is 0 Å². The van der Waals surface area contributed by atoms with Crippen LogP contribution in [0.25, 0.3) is 0 Å². The van der Waals surface area contributed by atoms with E-state index < -0.39 is 29.6 Å². The summed E-state index contributed by atoms with van der Waals surface area (Å²) < 4.78 is 43.8. The highest BCUT2D eigenvalue weighted by Crippen LogP contribution is 2.29. The first-order chi connectivity index (χ1) is 15.2. The maximum absolute atomic E-state index is 12.7. The van der Waals surface area contributed by atoms with Gasteiger partial charge in [0.2, 0.25) is 5.91 Å². The van der Waals surface area contributed by atoms with Crippen molar-refractivity contribution in [2.75, 3.05) is 0 Å². The normalized spacial score (nSPS) is 12.1. The predicted octanol–water partition coefficient (Wildman–Crippen LogP) is 4.11. The van der Waals surface area contributed by atoms with Crippen LogP contribution in [0.4, 0.5) is 13.2 Å². The van der Waals surface area contributed by atoms with Gasteiger partial charge in [-0.25, -0.2) is 0 Å². The molecule has 0 aliphatic carbocycles. The molecule has 3 N–H and O–H groups in total. The molecule has 166 valence electrons. The molecule has 1 atom stereocenters. The summed E-state index contributed by atoms with van der Waals surface area (Å²) in [7, 11) is 0. The summed E-state index contributed by atoms with van der Waals surface area (Å²) >= 11 is 0. The molecule has 0 spiro atoms. The van der Waals surface area contributed by atoms with Gasteiger partial charge in [-0.1, -0.05) is 42.5 Å². The molecule has 0 saturated carbocycles. The van der Waals surface area contributed by atoms with Crippen molar-refractivity contribution in [3.05, 3.63) is 101 Å². The van der Waals surface area contributed by atoms with Gasteiger partial charge < -0.3 is 15.8 Å². The average Bonchev–Trinajstić information content (AvgIpc) is 2.77. The number of ether oxygens (including phenoxy) is 1. The second-order valence-corrected chi connectivity index (χ2v) is 7.13. The Balaban J connectivity index is 1.65. The minimum atomic E-state index is -4.50.